The van der Waals surface area contributed by atoms with Crippen molar-refractivity contribution in [1.29, 1.82) is 0 Å². The van der Waals surface area contributed by atoms with Crippen LogP contribution in [0, 0.1) is 6.92 Å². The molecule has 1 amide bonds. The Hall–Kier alpha value is -1.52. The Morgan fingerprint density at radius 1 is 1.43 bits per heavy atom. The van der Waals surface area contributed by atoms with E-state index in [0.29, 0.717) is 30.3 Å². The highest BCUT2D eigenvalue weighted by atomic mass is 35.5. The fourth-order valence-corrected chi connectivity index (χ4v) is 3.09. The number of nitrogens with one attached hydrogen (secondary N) is 1. The van der Waals surface area contributed by atoms with Crippen LogP contribution in [0.2, 0.25) is 5.02 Å². The molecule has 0 bridgehead atoms. The van der Waals surface area contributed by atoms with Crippen LogP contribution in [-0.4, -0.2) is 41.1 Å². The van der Waals surface area contributed by atoms with Gasteiger partial charge >= 0.3 is 0 Å². The monoisotopic (exact) mass is 306 g/mol. The minimum absolute atomic E-state index is 0.0393. The number of nitrogens with zero attached hydrogens (tertiary/aromatic N) is 1. The number of ether oxygens (including phenoxy) is 1. The first kappa shape index (κ1) is 14.4. The third-order valence-corrected chi connectivity index (χ3v) is 4.11. The molecule has 0 atom stereocenters. The fraction of sp³-hybridized carbons (Fsp3) is 0.438. The van der Waals surface area contributed by atoms with Gasteiger partial charge in [-0.25, -0.2) is 0 Å². The van der Waals surface area contributed by atoms with E-state index in [1.54, 1.807) is 0 Å². The second-order valence-electron chi connectivity index (χ2n) is 6.15. The van der Waals surface area contributed by atoms with Gasteiger partial charge in [-0.15, -0.1) is 0 Å². The zero-order chi connectivity index (χ0) is 15.2. The number of rotatable bonds is 1. The average molecular weight is 307 g/mol. The lowest BCUT2D eigenvalue weighted by molar-refractivity contribution is -0.0763. The maximum atomic E-state index is 12.9. The molecule has 0 aliphatic carbocycles. The number of carbonyl (C=O) groups excluding carboxylic acids is 1. The van der Waals surface area contributed by atoms with Crippen LogP contribution in [0.1, 0.15) is 29.9 Å². The van der Waals surface area contributed by atoms with Gasteiger partial charge in [0.25, 0.3) is 5.91 Å². The normalized spacial score (nSPS) is 18.2. The van der Waals surface area contributed by atoms with E-state index >= 15 is 0 Å². The van der Waals surface area contributed by atoms with Gasteiger partial charge in [0.1, 0.15) is 0 Å². The van der Waals surface area contributed by atoms with Gasteiger partial charge in [0.15, 0.2) is 0 Å². The number of aryl methyl sites for hydroxylation is 1. The molecule has 2 aromatic rings. The summed E-state index contributed by atoms with van der Waals surface area (Å²) < 4.78 is 5.68. The van der Waals surface area contributed by atoms with E-state index in [0.717, 1.165) is 16.6 Å². The Labute approximate surface area is 129 Å². The van der Waals surface area contributed by atoms with Gasteiger partial charge < -0.3 is 14.6 Å². The third-order valence-electron chi connectivity index (χ3n) is 3.87. The maximum absolute atomic E-state index is 12.9. The van der Waals surface area contributed by atoms with Crippen LogP contribution in [0.25, 0.3) is 10.9 Å². The van der Waals surface area contributed by atoms with Crippen LogP contribution in [0.5, 0.6) is 0 Å². The van der Waals surface area contributed by atoms with E-state index in [-0.39, 0.29) is 11.5 Å². The molecule has 1 aromatic heterocycles. The number of fused-ring (bicyclic) bond motifs is 1. The van der Waals surface area contributed by atoms with E-state index in [9.17, 15) is 4.79 Å². The Morgan fingerprint density at radius 3 is 2.90 bits per heavy atom. The van der Waals surface area contributed by atoms with Crippen LogP contribution in [-0.2, 0) is 4.74 Å². The van der Waals surface area contributed by atoms with Crippen molar-refractivity contribution >= 4 is 28.4 Å². The number of aromatic nitrogens is 1. The molecule has 3 rings (SSSR count). The van der Waals surface area contributed by atoms with Crippen molar-refractivity contribution in [2.24, 2.45) is 0 Å². The number of aromatic amines is 1. The topological polar surface area (TPSA) is 45.3 Å². The molecule has 1 aliphatic heterocycles. The molecule has 1 fully saturated rings. The quantitative estimate of drug-likeness (QED) is 0.878. The van der Waals surface area contributed by atoms with Crippen molar-refractivity contribution in [2.45, 2.75) is 26.4 Å². The molecule has 5 heteroatoms. The summed E-state index contributed by atoms with van der Waals surface area (Å²) in [7, 11) is 0. The highest BCUT2D eigenvalue weighted by molar-refractivity contribution is 6.31. The molecule has 1 N–H and O–H groups in total. The summed E-state index contributed by atoms with van der Waals surface area (Å²) in [6.07, 6.45) is 0. The van der Waals surface area contributed by atoms with Crippen molar-refractivity contribution in [3.05, 3.63) is 34.5 Å². The molecule has 112 valence electrons. The number of morpholine rings is 1. The van der Waals surface area contributed by atoms with E-state index in [1.165, 1.54) is 0 Å². The molecule has 0 unspecified atom stereocenters. The second kappa shape index (κ2) is 5.04. The molecule has 1 aliphatic rings. The van der Waals surface area contributed by atoms with Crippen molar-refractivity contribution < 1.29 is 9.53 Å². The number of carbonyl (C=O) groups is 1. The van der Waals surface area contributed by atoms with Crippen molar-refractivity contribution in [3.63, 3.8) is 0 Å². The lowest BCUT2D eigenvalue weighted by Crippen LogP contribution is -2.50. The number of amides is 1. The number of H-pyrrole nitrogens is 1. The fourth-order valence-electron chi connectivity index (χ4n) is 2.92. The predicted octanol–water partition coefficient (Wildman–Crippen LogP) is 3.38. The number of hydrogen-bond acceptors (Lipinski definition) is 2. The summed E-state index contributed by atoms with van der Waals surface area (Å²) in [5.74, 6) is 0.0393. The zero-order valence-electron chi connectivity index (χ0n) is 12.5. The van der Waals surface area contributed by atoms with Gasteiger partial charge in [-0.1, -0.05) is 11.6 Å². The molecule has 0 radical (unpaired) electrons. The SMILES string of the molecule is Cc1[nH]c2ccc(Cl)cc2c1C(=O)N1CCOC(C)(C)C1. The highest BCUT2D eigenvalue weighted by Gasteiger charge is 2.32. The molecular weight excluding hydrogens is 288 g/mol. The first-order valence-corrected chi connectivity index (χ1v) is 7.46. The van der Waals surface area contributed by atoms with Gasteiger partial charge in [-0.3, -0.25) is 4.79 Å². The van der Waals surface area contributed by atoms with Gasteiger partial charge in [0.2, 0.25) is 0 Å². The Balaban J connectivity index is 2.01. The Morgan fingerprint density at radius 2 is 2.19 bits per heavy atom. The maximum Gasteiger partial charge on any atom is 0.256 e. The molecule has 0 saturated carbocycles. The van der Waals surface area contributed by atoms with E-state index in [1.807, 2.05) is 43.9 Å². The molecule has 4 nitrogen and oxygen atoms in total. The van der Waals surface area contributed by atoms with Crippen LogP contribution in [0.15, 0.2) is 18.2 Å². The molecule has 1 saturated heterocycles. The van der Waals surface area contributed by atoms with Crippen LogP contribution >= 0.6 is 11.6 Å². The van der Waals surface area contributed by atoms with Crippen molar-refractivity contribution in [1.82, 2.24) is 9.88 Å². The van der Waals surface area contributed by atoms with Crippen LogP contribution in [0.3, 0.4) is 0 Å². The summed E-state index contributed by atoms with van der Waals surface area (Å²) in [5.41, 5.74) is 2.23. The first-order valence-electron chi connectivity index (χ1n) is 7.08. The lowest BCUT2D eigenvalue weighted by Gasteiger charge is -2.38. The van der Waals surface area contributed by atoms with Crippen LogP contribution < -0.4 is 0 Å². The lowest BCUT2D eigenvalue weighted by atomic mass is 10.0. The minimum atomic E-state index is -0.300. The van der Waals surface area contributed by atoms with Crippen molar-refractivity contribution in [2.75, 3.05) is 19.7 Å². The molecule has 21 heavy (non-hydrogen) atoms. The van der Waals surface area contributed by atoms with E-state index in [4.69, 9.17) is 16.3 Å². The van der Waals surface area contributed by atoms with Crippen LogP contribution in [0.4, 0.5) is 0 Å². The summed E-state index contributed by atoms with van der Waals surface area (Å²) in [6, 6.07) is 5.58. The van der Waals surface area contributed by atoms with Crippen molar-refractivity contribution in [3.8, 4) is 0 Å². The predicted molar refractivity (Wildman–Crippen MR) is 84.0 cm³/mol. The summed E-state index contributed by atoms with van der Waals surface area (Å²) >= 11 is 6.08. The largest absolute Gasteiger partial charge is 0.372 e. The molecular formula is C16H19ClN2O2. The van der Waals surface area contributed by atoms with Gasteiger partial charge in [-0.2, -0.15) is 0 Å². The molecule has 1 aromatic carbocycles. The number of benzene rings is 1. The number of hydrogen-bond donors (Lipinski definition) is 1. The van der Waals surface area contributed by atoms with Gasteiger partial charge in [-0.05, 0) is 39.0 Å². The zero-order valence-corrected chi connectivity index (χ0v) is 13.3. The third kappa shape index (κ3) is 2.65. The van der Waals surface area contributed by atoms with E-state index < -0.39 is 0 Å². The standard InChI is InChI=1S/C16H19ClN2O2/c1-10-14(12-8-11(17)4-5-13(12)18-10)15(20)19-6-7-21-16(2,3)9-19/h4-5,8,18H,6-7,9H2,1-3H3. The minimum Gasteiger partial charge on any atom is -0.372 e. The smallest absolute Gasteiger partial charge is 0.256 e. The Bertz CT molecular complexity index is 706. The second-order valence-corrected chi connectivity index (χ2v) is 6.59. The van der Waals surface area contributed by atoms with Gasteiger partial charge in [0.05, 0.1) is 17.8 Å². The summed E-state index contributed by atoms with van der Waals surface area (Å²) in [4.78, 5) is 18.0. The molecule has 2 heterocycles. The average Bonchev–Trinajstić information content (AvgIpc) is 2.72. The summed E-state index contributed by atoms with van der Waals surface area (Å²) in [5, 5.41) is 1.52. The molecule has 0 spiro atoms. The Kier molecular flexibility index (Phi) is 3.46. The highest BCUT2D eigenvalue weighted by Crippen LogP contribution is 2.28. The van der Waals surface area contributed by atoms with Gasteiger partial charge in [0, 0.05) is 34.7 Å². The van der Waals surface area contributed by atoms with E-state index in [2.05, 4.69) is 4.98 Å². The number of halogens is 1. The first-order chi connectivity index (χ1) is 9.87. The summed E-state index contributed by atoms with van der Waals surface area (Å²) in [6.45, 7) is 7.72.